The number of aromatic nitrogens is 3. The molecule has 1 aromatic carbocycles. The summed E-state index contributed by atoms with van der Waals surface area (Å²) in [7, 11) is 4.03. The number of piperidine rings is 1. The number of urea groups is 1. The summed E-state index contributed by atoms with van der Waals surface area (Å²) in [6.07, 6.45) is 7.02. The molecule has 4 heterocycles. The smallest absolute Gasteiger partial charge is 0.329 e. The molecule has 36 heavy (non-hydrogen) atoms. The fourth-order valence-corrected chi connectivity index (χ4v) is 4.88. The van der Waals surface area contributed by atoms with Gasteiger partial charge >= 0.3 is 6.03 Å². The minimum atomic E-state index is -1.01. The van der Waals surface area contributed by atoms with Crippen molar-refractivity contribution in [3.05, 3.63) is 41.9 Å². The molecule has 190 valence electrons. The second-order valence-electron chi connectivity index (χ2n) is 8.77. The molecule has 1 fully saturated rings. The lowest BCUT2D eigenvalue weighted by Crippen LogP contribution is -2.46. The maximum atomic E-state index is 15.2. The lowest BCUT2D eigenvalue weighted by atomic mass is 10.0. The number of hydrogen-bond donors (Lipinski definition) is 2. The first-order valence-electron chi connectivity index (χ1n) is 11.5. The van der Waals surface area contributed by atoms with Gasteiger partial charge in [0, 0.05) is 36.6 Å². The van der Waals surface area contributed by atoms with Crippen molar-refractivity contribution in [2.75, 3.05) is 49.9 Å². The molecular formula is C24H27F2N7O3. The molecule has 1 saturated heterocycles. The number of benzene rings is 1. The number of amides is 2. The molecule has 3 N–H and O–H groups in total. The molecule has 0 bridgehead atoms. The van der Waals surface area contributed by atoms with Crippen LogP contribution in [0.5, 0.6) is 11.5 Å². The van der Waals surface area contributed by atoms with E-state index < -0.39 is 23.4 Å². The van der Waals surface area contributed by atoms with Gasteiger partial charge in [-0.25, -0.2) is 18.6 Å². The topological polar surface area (TPSA) is 111 Å². The Bertz CT molecular complexity index is 1300. The van der Waals surface area contributed by atoms with Crippen LogP contribution in [0.15, 0.2) is 24.7 Å². The number of carbonyl (C=O) groups is 1. The number of nitrogens with zero attached hydrogens (tertiary/aromatic N) is 5. The third-order valence-electron chi connectivity index (χ3n) is 6.73. The van der Waals surface area contributed by atoms with Crippen LogP contribution in [-0.2, 0) is 6.54 Å². The average Bonchev–Trinajstić information content (AvgIpc) is 3.38. The molecule has 0 aliphatic carbocycles. The van der Waals surface area contributed by atoms with Gasteiger partial charge in [-0.15, -0.1) is 0 Å². The standard InChI is InChI=1S/C24H27F2N7O3/c1-31-21-14(11-32(24(31)34)22-19(25)16(35-2)8-17(36-3)20(22)26)9-29-23(27)18(21)13-10-30-33(12-13)15-4-6-28-7-5-15/h8-10,12,15,28H,4-7,11H2,1-3H3,(H2,27,29). The highest BCUT2D eigenvalue weighted by Gasteiger charge is 2.37. The second-order valence-corrected chi connectivity index (χ2v) is 8.77. The predicted molar refractivity (Wildman–Crippen MR) is 130 cm³/mol. The summed E-state index contributed by atoms with van der Waals surface area (Å²) in [6, 6.07) is 0.714. The van der Waals surface area contributed by atoms with Crippen LogP contribution in [-0.4, -0.2) is 55.2 Å². The molecule has 5 rings (SSSR count). The summed E-state index contributed by atoms with van der Waals surface area (Å²) < 4.78 is 42.4. The van der Waals surface area contributed by atoms with Gasteiger partial charge < -0.3 is 20.5 Å². The fourth-order valence-electron chi connectivity index (χ4n) is 4.88. The maximum absolute atomic E-state index is 15.2. The van der Waals surface area contributed by atoms with Crippen molar-refractivity contribution in [1.82, 2.24) is 20.1 Å². The molecular weight excluding hydrogens is 472 g/mol. The minimum Gasteiger partial charge on any atom is -0.493 e. The van der Waals surface area contributed by atoms with Crippen LogP contribution in [0.3, 0.4) is 0 Å². The molecule has 0 spiro atoms. The van der Waals surface area contributed by atoms with Crippen LogP contribution < -0.4 is 30.3 Å². The van der Waals surface area contributed by atoms with Gasteiger partial charge in [-0.05, 0) is 25.9 Å². The summed E-state index contributed by atoms with van der Waals surface area (Å²) in [5, 5.41) is 7.87. The number of halogens is 2. The summed E-state index contributed by atoms with van der Waals surface area (Å²) in [4.78, 5) is 20.1. The number of carbonyl (C=O) groups excluding carboxylic acids is 1. The van der Waals surface area contributed by atoms with E-state index in [1.165, 1.54) is 32.4 Å². The fraction of sp³-hybridized carbons (Fsp3) is 0.375. The zero-order chi connectivity index (χ0) is 25.6. The van der Waals surface area contributed by atoms with Gasteiger partial charge in [0.15, 0.2) is 23.1 Å². The number of fused-ring (bicyclic) bond motifs is 1. The van der Waals surface area contributed by atoms with E-state index in [1.54, 1.807) is 6.20 Å². The van der Waals surface area contributed by atoms with Gasteiger partial charge in [-0.1, -0.05) is 0 Å². The van der Waals surface area contributed by atoms with Gasteiger partial charge in [0.2, 0.25) is 0 Å². The number of ether oxygens (including phenoxy) is 2. The highest BCUT2D eigenvalue weighted by Crippen LogP contribution is 2.44. The quantitative estimate of drug-likeness (QED) is 0.554. The molecule has 12 heteroatoms. The summed E-state index contributed by atoms with van der Waals surface area (Å²) in [5.74, 6) is -2.27. The van der Waals surface area contributed by atoms with E-state index in [0.29, 0.717) is 22.4 Å². The monoisotopic (exact) mass is 499 g/mol. The van der Waals surface area contributed by atoms with E-state index in [0.717, 1.165) is 36.9 Å². The second kappa shape index (κ2) is 9.26. The van der Waals surface area contributed by atoms with E-state index in [-0.39, 0.29) is 29.9 Å². The Kier molecular flexibility index (Phi) is 6.12. The van der Waals surface area contributed by atoms with E-state index in [4.69, 9.17) is 15.2 Å². The molecule has 2 aliphatic heterocycles. The molecule has 2 aliphatic rings. The molecule has 0 atom stereocenters. The highest BCUT2D eigenvalue weighted by molar-refractivity contribution is 6.09. The summed E-state index contributed by atoms with van der Waals surface area (Å²) in [6.45, 7) is 1.70. The first kappa shape index (κ1) is 23.8. The summed E-state index contributed by atoms with van der Waals surface area (Å²) in [5.41, 5.74) is 8.06. The zero-order valence-corrected chi connectivity index (χ0v) is 20.2. The third-order valence-corrected chi connectivity index (χ3v) is 6.73. The summed E-state index contributed by atoms with van der Waals surface area (Å²) >= 11 is 0. The van der Waals surface area contributed by atoms with Crippen LogP contribution in [0.1, 0.15) is 24.4 Å². The molecule has 3 aromatic rings. The number of rotatable bonds is 5. The van der Waals surface area contributed by atoms with E-state index in [1.807, 2.05) is 10.9 Å². The molecule has 0 saturated carbocycles. The number of hydrogen-bond acceptors (Lipinski definition) is 7. The number of nitrogens with one attached hydrogen (secondary N) is 1. The largest absolute Gasteiger partial charge is 0.493 e. The Labute approximate surface area is 206 Å². The van der Waals surface area contributed by atoms with Crippen molar-refractivity contribution in [2.24, 2.45) is 0 Å². The molecule has 2 amide bonds. The number of nitrogens with two attached hydrogens (primary N) is 1. The van der Waals surface area contributed by atoms with Crippen molar-refractivity contribution in [3.8, 4) is 22.6 Å². The average molecular weight is 500 g/mol. The van der Waals surface area contributed by atoms with Crippen LogP contribution in [0.25, 0.3) is 11.1 Å². The van der Waals surface area contributed by atoms with Crippen molar-refractivity contribution in [2.45, 2.75) is 25.4 Å². The van der Waals surface area contributed by atoms with Crippen LogP contribution >= 0.6 is 0 Å². The van der Waals surface area contributed by atoms with Gasteiger partial charge in [0.25, 0.3) is 0 Å². The Balaban J connectivity index is 1.58. The number of nitrogen functional groups attached to an aromatic ring is 1. The van der Waals surface area contributed by atoms with E-state index in [9.17, 15) is 4.79 Å². The maximum Gasteiger partial charge on any atom is 0.329 e. The minimum absolute atomic E-state index is 0.134. The van der Waals surface area contributed by atoms with Gasteiger partial charge in [0.05, 0.1) is 44.3 Å². The molecule has 10 nitrogen and oxygen atoms in total. The van der Waals surface area contributed by atoms with Crippen LogP contribution in [0.2, 0.25) is 0 Å². The van der Waals surface area contributed by atoms with Gasteiger partial charge in [-0.3, -0.25) is 14.5 Å². The third kappa shape index (κ3) is 3.77. The SMILES string of the molecule is COc1cc(OC)c(F)c(N2Cc3cnc(N)c(-c4cnn(C5CCNCC5)c4)c3N(C)C2=O)c1F. The first-order chi connectivity index (χ1) is 17.3. The number of anilines is 3. The highest BCUT2D eigenvalue weighted by atomic mass is 19.1. The Morgan fingerprint density at radius 3 is 2.39 bits per heavy atom. The number of methoxy groups -OCH3 is 2. The van der Waals surface area contributed by atoms with Crippen LogP contribution in [0.4, 0.5) is 30.8 Å². The lowest BCUT2D eigenvalue weighted by molar-refractivity contribution is 0.250. The zero-order valence-electron chi connectivity index (χ0n) is 20.2. The normalized spacial score (nSPS) is 16.3. The first-order valence-corrected chi connectivity index (χ1v) is 11.5. The van der Waals surface area contributed by atoms with Crippen LogP contribution in [0, 0.1) is 11.6 Å². The predicted octanol–water partition coefficient (Wildman–Crippen LogP) is 3.32. The van der Waals surface area contributed by atoms with Crippen molar-refractivity contribution in [1.29, 1.82) is 0 Å². The Hall–Kier alpha value is -3.93. The van der Waals surface area contributed by atoms with Crippen molar-refractivity contribution >= 4 is 23.2 Å². The molecule has 2 aromatic heterocycles. The Morgan fingerprint density at radius 2 is 1.75 bits per heavy atom. The van der Waals surface area contributed by atoms with Crippen molar-refractivity contribution < 1.29 is 23.0 Å². The molecule has 0 radical (unpaired) electrons. The van der Waals surface area contributed by atoms with E-state index >= 15 is 8.78 Å². The van der Waals surface area contributed by atoms with Crippen molar-refractivity contribution in [3.63, 3.8) is 0 Å². The number of pyridine rings is 1. The molecule has 0 unspecified atom stereocenters. The van der Waals surface area contributed by atoms with Gasteiger partial charge in [-0.2, -0.15) is 5.10 Å². The van der Waals surface area contributed by atoms with E-state index in [2.05, 4.69) is 15.4 Å². The lowest BCUT2D eigenvalue weighted by Gasteiger charge is -2.36. The Morgan fingerprint density at radius 1 is 1.08 bits per heavy atom. The van der Waals surface area contributed by atoms with Gasteiger partial charge in [0.1, 0.15) is 11.5 Å².